The molecule has 0 saturated carbocycles. The lowest BCUT2D eigenvalue weighted by molar-refractivity contribution is -0.117. The van der Waals surface area contributed by atoms with Crippen molar-refractivity contribution in [3.63, 3.8) is 0 Å². The second-order valence-electron chi connectivity index (χ2n) is 3.74. The molecule has 0 aliphatic carbocycles. The Morgan fingerprint density at radius 3 is 2.00 bits per heavy atom. The summed E-state index contributed by atoms with van der Waals surface area (Å²) in [5.74, 6) is -0.206. The number of hydrogen-bond acceptors (Lipinski definition) is 2. The van der Waals surface area contributed by atoms with E-state index in [9.17, 15) is 4.79 Å². The largest absolute Gasteiger partial charge is 0.324 e. The molecule has 0 saturated heterocycles. The maximum absolute atomic E-state index is 11.9. The van der Waals surface area contributed by atoms with Crippen molar-refractivity contribution in [1.29, 1.82) is 0 Å². The third-order valence-electron chi connectivity index (χ3n) is 2.48. The van der Waals surface area contributed by atoms with Gasteiger partial charge in [0.25, 0.3) is 0 Å². The molecule has 18 heavy (non-hydrogen) atoms. The van der Waals surface area contributed by atoms with Crippen LogP contribution in [0.3, 0.4) is 0 Å². The molecule has 0 aliphatic rings. The summed E-state index contributed by atoms with van der Waals surface area (Å²) in [4.78, 5) is 11.9. The Kier molecular flexibility index (Phi) is 5.36. The van der Waals surface area contributed by atoms with Crippen LogP contribution in [0.2, 0.25) is 0 Å². The third-order valence-corrected chi connectivity index (χ3v) is 2.48. The molecule has 0 fully saturated rings. The minimum atomic E-state index is -0.642. The summed E-state index contributed by atoms with van der Waals surface area (Å²) in [5, 5.41) is 2.78. The SMILES string of the molecule is Cl.NC(C(=O)Nc1ccccc1)c1ccccc1. The van der Waals surface area contributed by atoms with Gasteiger partial charge in [0.2, 0.25) is 5.91 Å². The van der Waals surface area contributed by atoms with E-state index in [1.54, 1.807) is 0 Å². The molecule has 2 aromatic rings. The summed E-state index contributed by atoms with van der Waals surface area (Å²) >= 11 is 0. The van der Waals surface area contributed by atoms with Crippen molar-refractivity contribution in [3.05, 3.63) is 66.2 Å². The molecule has 1 amide bonds. The first-order chi connectivity index (χ1) is 8.27. The summed E-state index contributed by atoms with van der Waals surface area (Å²) in [5.41, 5.74) is 7.43. The molecule has 1 atom stereocenters. The van der Waals surface area contributed by atoms with E-state index < -0.39 is 6.04 Å². The number of carbonyl (C=O) groups excluding carboxylic acids is 1. The Morgan fingerprint density at radius 1 is 0.944 bits per heavy atom. The second kappa shape index (κ2) is 6.79. The zero-order valence-corrected chi connectivity index (χ0v) is 10.6. The molecule has 94 valence electrons. The average molecular weight is 263 g/mol. The minimum Gasteiger partial charge on any atom is -0.324 e. The fourth-order valence-corrected chi connectivity index (χ4v) is 1.55. The Balaban J connectivity index is 0.00000162. The fourth-order valence-electron chi connectivity index (χ4n) is 1.55. The van der Waals surface area contributed by atoms with Crippen LogP contribution in [0.5, 0.6) is 0 Å². The van der Waals surface area contributed by atoms with E-state index in [2.05, 4.69) is 5.32 Å². The smallest absolute Gasteiger partial charge is 0.245 e. The fraction of sp³-hybridized carbons (Fsp3) is 0.0714. The summed E-state index contributed by atoms with van der Waals surface area (Å²) in [6, 6.07) is 18.0. The predicted molar refractivity (Wildman–Crippen MR) is 75.7 cm³/mol. The highest BCUT2D eigenvalue weighted by Gasteiger charge is 2.14. The van der Waals surface area contributed by atoms with Crippen molar-refractivity contribution in [2.75, 3.05) is 5.32 Å². The van der Waals surface area contributed by atoms with Crippen LogP contribution >= 0.6 is 12.4 Å². The molecule has 3 nitrogen and oxygen atoms in total. The first-order valence-electron chi connectivity index (χ1n) is 5.44. The molecule has 2 rings (SSSR count). The Labute approximate surface area is 112 Å². The van der Waals surface area contributed by atoms with Gasteiger partial charge in [0.05, 0.1) is 0 Å². The molecule has 0 aliphatic heterocycles. The maximum atomic E-state index is 11.9. The van der Waals surface area contributed by atoms with E-state index in [0.29, 0.717) is 0 Å². The van der Waals surface area contributed by atoms with Crippen molar-refractivity contribution in [1.82, 2.24) is 0 Å². The van der Waals surface area contributed by atoms with E-state index in [-0.39, 0.29) is 18.3 Å². The quantitative estimate of drug-likeness (QED) is 0.894. The van der Waals surface area contributed by atoms with Crippen LogP contribution in [0, 0.1) is 0 Å². The van der Waals surface area contributed by atoms with E-state index in [1.807, 2.05) is 60.7 Å². The number of para-hydroxylation sites is 1. The number of carbonyl (C=O) groups is 1. The minimum absolute atomic E-state index is 0. The highest BCUT2D eigenvalue weighted by Crippen LogP contribution is 2.13. The first kappa shape index (κ1) is 14.2. The van der Waals surface area contributed by atoms with Gasteiger partial charge in [-0.05, 0) is 17.7 Å². The number of nitrogens with two attached hydrogens (primary N) is 1. The highest BCUT2D eigenvalue weighted by molar-refractivity contribution is 5.95. The van der Waals surface area contributed by atoms with Gasteiger partial charge < -0.3 is 11.1 Å². The molecule has 2 aromatic carbocycles. The van der Waals surface area contributed by atoms with Crippen LogP contribution in [-0.2, 0) is 4.79 Å². The third kappa shape index (κ3) is 3.58. The van der Waals surface area contributed by atoms with E-state index >= 15 is 0 Å². The van der Waals surface area contributed by atoms with Gasteiger partial charge >= 0.3 is 0 Å². The number of hydrogen-bond donors (Lipinski definition) is 2. The van der Waals surface area contributed by atoms with Gasteiger partial charge in [-0.2, -0.15) is 0 Å². The number of rotatable bonds is 3. The van der Waals surface area contributed by atoms with Gasteiger partial charge in [-0.15, -0.1) is 12.4 Å². The van der Waals surface area contributed by atoms with Crippen LogP contribution in [-0.4, -0.2) is 5.91 Å². The molecule has 1 unspecified atom stereocenters. The van der Waals surface area contributed by atoms with Crippen molar-refractivity contribution in [3.8, 4) is 0 Å². The lowest BCUT2D eigenvalue weighted by atomic mass is 10.1. The normalized spacial score (nSPS) is 11.2. The first-order valence-corrected chi connectivity index (χ1v) is 5.44. The zero-order chi connectivity index (χ0) is 12.1. The van der Waals surface area contributed by atoms with Crippen LogP contribution < -0.4 is 11.1 Å². The Morgan fingerprint density at radius 2 is 1.44 bits per heavy atom. The monoisotopic (exact) mass is 262 g/mol. The molecule has 0 radical (unpaired) electrons. The molecule has 0 spiro atoms. The lowest BCUT2D eigenvalue weighted by Crippen LogP contribution is -2.27. The topological polar surface area (TPSA) is 55.1 Å². The molecule has 0 bridgehead atoms. The van der Waals surface area contributed by atoms with Gasteiger partial charge in [0.1, 0.15) is 6.04 Å². The molecule has 3 N–H and O–H groups in total. The molecular formula is C14H15ClN2O. The van der Waals surface area contributed by atoms with Gasteiger partial charge in [-0.1, -0.05) is 48.5 Å². The van der Waals surface area contributed by atoms with Crippen molar-refractivity contribution in [2.45, 2.75) is 6.04 Å². The molecule has 0 heterocycles. The van der Waals surface area contributed by atoms with Gasteiger partial charge in [0, 0.05) is 5.69 Å². The van der Waals surface area contributed by atoms with Crippen LogP contribution in [0.15, 0.2) is 60.7 Å². The van der Waals surface area contributed by atoms with Crippen molar-refractivity contribution < 1.29 is 4.79 Å². The number of halogens is 1. The predicted octanol–water partition coefficient (Wildman–Crippen LogP) is 2.75. The van der Waals surface area contributed by atoms with E-state index in [0.717, 1.165) is 11.3 Å². The highest BCUT2D eigenvalue weighted by atomic mass is 35.5. The second-order valence-corrected chi connectivity index (χ2v) is 3.74. The average Bonchev–Trinajstić information content (AvgIpc) is 2.40. The summed E-state index contributed by atoms with van der Waals surface area (Å²) < 4.78 is 0. The molecule has 0 aromatic heterocycles. The van der Waals surface area contributed by atoms with E-state index in [1.165, 1.54) is 0 Å². The Hall–Kier alpha value is -1.84. The number of anilines is 1. The molecular weight excluding hydrogens is 248 g/mol. The summed E-state index contributed by atoms with van der Waals surface area (Å²) in [7, 11) is 0. The summed E-state index contributed by atoms with van der Waals surface area (Å²) in [6.45, 7) is 0. The van der Waals surface area contributed by atoms with Gasteiger partial charge in [0.15, 0.2) is 0 Å². The van der Waals surface area contributed by atoms with Crippen LogP contribution in [0.1, 0.15) is 11.6 Å². The van der Waals surface area contributed by atoms with Gasteiger partial charge in [-0.25, -0.2) is 0 Å². The standard InChI is InChI=1S/C14H14N2O.ClH/c15-13(11-7-3-1-4-8-11)14(17)16-12-9-5-2-6-10-12;/h1-10,13H,15H2,(H,16,17);1H. The molecule has 4 heteroatoms. The Bertz CT molecular complexity index is 488. The van der Waals surface area contributed by atoms with E-state index in [4.69, 9.17) is 5.73 Å². The lowest BCUT2D eigenvalue weighted by Gasteiger charge is -2.12. The maximum Gasteiger partial charge on any atom is 0.245 e. The van der Waals surface area contributed by atoms with Gasteiger partial charge in [-0.3, -0.25) is 4.79 Å². The summed E-state index contributed by atoms with van der Waals surface area (Å²) in [6.07, 6.45) is 0. The van der Waals surface area contributed by atoms with Crippen molar-refractivity contribution in [2.24, 2.45) is 5.73 Å². The van der Waals surface area contributed by atoms with Crippen LogP contribution in [0.25, 0.3) is 0 Å². The zero-order valence-electron chi connectivity index (χ0n) is 9.74. The number of amides is 1. The number of benzene rings is 2. The number of nitrogens with one attached hydrogen (secondary N) is 1. The van der Waals surface area contributed by atoms with Crippen molar-refractivity contribution >= 4 is 24.0 Å². The van der Waals surface area contributed by atoms with Crippen LogP contribution in [0.4, 0.5) is 5.69 Å².